The highest BCUT2D eigenvalue weighted by atomic mass is 127. The van der Waals surface area contributed by atoms with Crippen LogP contribution in [0.3, 0.4) is 0 Å². The van der Waals surface area contributed by atoms with E-state index in [1.807, 2.05) is 36.6 Å². The van der Waals surface area contributed by atoms with Crippen molar-refractivity contribution in [2.45, 2.75) is 20.4 Å². The second-order valence-corrected chi connectivity index (χ2v) is 7.91. The number of ether oxygens (including phenoxy) is 2. The van der Waals surface area contributed by atoms with Gasteiger partial charge in [-0.1, -0.05) is 6.92 Å². The number of nitrogens with one attached hydrogen (secondary N) is 1. The maximum atomic E-state index is 12.0. The second-order valence-electron chi connectivity index (χ2n) is 7.05. The molecule has 1 N–H and O–H groups in total. The quantitative estimate of drug-likeness (QED) is 0.259. The molecule has 0 spiro atoms. The van der Waals surface area contributed by atoms with Crippen molar-refractivity contribution < 1.29 is 14.3 Å². The van der Waals surface area contributed by atoms with Crippen molar-refractivity contribution in [1.82, 2.24) is 15.2 Å². The molecule has 2 heterocycles. The topological polar surface area (TPSA) is 76.1 Å². The Balaban J connectivity index is 0.00000320. The van der Waals surface area contributed by atoms with E-state index in [1.165, 1.54) is 7.11 Å². The number of rotatable bonds is 6. The summed E-state index contributed by atoms with van der Waals surface area (Å²) in [6.07, 6.45) is 0. The summed E-state index contributed by atoms with van der Waals surface area (Å²) in [5.74, 6) is 1.59. The number of methoxy groups -OCH3 is 2. The van der Waals surface area contributed by atoms with Gasteiger partial charge in [-0.3, -0.25) is 4.79 Å². The van der Waals surface area contributed by atoms with Crippen LogP contribution >= 0.6 is 35.3 Å². The van der Waals surface area contributed by atoms with Crippen LogP contribution in [-0.4, -0.2) is 55.7 Å². The number of carbonyl (C=O) groups excluding carboxylic acids is 1. The SMILES string of the molecule is CCNC(=NCc1csc(-c2ccc(OC)cc2)n1)N1CC(C)C(C(=O)OC)C1.I. The number of hydrogen-bond donors (Lipinski definition) is 1. The van der Waals surface area contributed by atoms with E-state index in [4.69, 9.17) is 19.5 Å². The summed E-state index contributed by atoms with van der Waals surface area (Å²) in [4.78, 5) is 23.6. The van der Waals surface area contributed by atoms with Crippen LogP contribution < -0.4 is 10.1 Å². The Morgan fingerprint density at radius 3 is 2.67 bits per heavy atom. The molecular formula is C21H29IN4O3S. The molecule has 1 aliphatic heterocycles. The van der Waals surface area contributed by atoms with E-state index in [1.54, 1.807) is 18.4 Å². The zero-order valence-corrected chi connectivity index (χ0v) is 20.9. The zero-order chi connectivity index (χ0) is 20.8. The summed E-state index contributed by atoms with van der Waals surface area (Å²) in [5, 5.41) is 6.33. The molecule has 0 amide bonds. The molecule has 0 aliphatic carbocycles. The maximum Gasteiger partial charge on any atom is 0.310 e. The summed E-state index contributed by atoms with van der Waals surface area (Å²) in [7, 11) is 3.10. The van der Waals surface area contributed by atoms with E-state index in [9.17, 15) is 4.79 Å². The standard InChI is InChI=1S/C21H28N4O3S.HI/c1-5-22-21(25-11-14(2)18(12-25)20(26)28-4)23-10-16-13-29-19(24-16)15-6-8-17(27-3)9-7-15;/h6-9,13-14,18H,5,10-12H2,1-4H3,(H,22,23);1H. The Morgan fingerprint density at radius 2 is 2.03 bits per heavy atom. The first kappa shape index (κ1) is 24.4. The Kier molecular flexibility index (Phi) is 9.35. The molecule has 2 aromatic rings. The molecule has 30 heavy (non-hydrogen) atoms. The average Bonchev–Trinajstić information content (AvgIpc) is 3.37. The molecule has 2 unspecified atom stereocenters. The lowest BCUT2D eigenvalue weighted by atomic mass is 9.99. The molecule has 3 rings (SSSR count). The number of carbonyl (C=O) groups is 1. The summed E-state index contributed by atoms with van der Waals surface area (Å²) < 4.78 is 10.1. The molecule has 1 aromatic carbocycles. The zero-order valence-electron chi connectivity index (χ0n) is 17.8. The van der Waals surface area contributed by atoms with Crippen molar-refractivity contribution in [3.8, 4) is 16.3 Å². The van der Waals surface area contributed by atoms with Crippen molar-refractivity contribution >= 4 is 47.2 Å². The van der Waals surface area contributed by atoms with Crippen molar-refractivity contribution in [3.05, 3.63) is 35.3 Å². The normalized spacial score (nSPS) is 18.7. The number of thiazole rings is 1. The van der Waals surface area contributed by atoms with Gasteiger partial charge >= 0.3 is 5.97 Å². The first-order chi connectivity index (χ1) is 14.0. The Hall–Kier alpha value is -1.88. The predicted octanol–water partition coefficient (Wildman–Crippen LogP) is 3.64. The molecule has 0 saturated carbocycles. The highest BCUT2D eigenvalue weighted by Crippen LogP contribution is 2.27. The number of halogens is 1. The van der Waals surface area contributed by atoms with Gasteiger partial charge in [0.1, 0.15) is 10.8 Å². The van der Waals surface area contributed by atoms with Gasteiger partial charge in [0.15, 0.2) is 5.96 Å². The number of benzene rings is 1. The Labute approximate surface area is 198 Å². The van der Waals surface area contributed by atoms with Crippen LogP contribution in [-0.2, 0) is 16.1 Å². The molecule has 1 saturated heterocycles. The van der Waals surface area contributed by atoms with E-state index in [-0.39, 0.29) is 41.8 Å². The summed E-state index contributed by atoms with van der Waals surface area (Å²) in [6, 6.07) is 7.88. The van der Waals surface area contributed by atoms with E-state index in [0.29, 0.717) is 13.1 Å². The van der Waals surface area contributed by atoms with Crippen LogP contribution in [0.2, 0.25) is 0 Å². The van der Waals surface area contributed by atoms with Crippen LogP contribution in [0.1, 0.15) is 19.5 Å². The lowest BCUT2D eigenvalue weighted by Gasteiger charge is -2.21. The highest BCUT2D eigenvalue weighted by Gasteiger charge is 2.36. The van der Waals surface area contributed by atoms with E-state index < -0.39 is 0 Å². The fourth-order valence-corrected chi connectivity index (χ4v) is 4.24. The Bertz CT molecular complexity index is 856. The molecule has 1 aliphatic rings. The monoisotopic (exact) mass is 544 g/mol. The minimum atomic E-state index is -0.153. The van der Waals surface area contributed by atoms with Gasteiger partial charge in [-0.15, -0.1) is 35.3 Å². The van der Waals surface area contributed by atoms with Crippen molar-refractivity contribution in [2.24, 2.45) is 16.8 Å². The van der Waals surface area contributed by atoms with Gasteiger partial charge in [0.2, 0.25) is 0 Å². The first-order valence-corrected chi connectivity index (χ1v) is 10.6. The van der Waals surface area contributed by atoms with Gasteiger partial charge in [0.25, 0.3) is 0 Å². The van der Waals surface area contributed by atoms with Gasteiger partial charge in [-0.2, -0.15) is 0 Å². The molecule has 7 nitrogen and oxygen atoms in total. The third-order valence-corrected chi connectivity index (χ3v) is 5.97. The molecular weight excluding hydrogens is 515 g/mol. The van der Waals surface area contributed by atoms with Crippen molar-refractivity contribution in [3.63, 3.8) is 0 Å². The molecule has 9 heteroatoms. The van der Waals surface area contributed by atoms with Crippen LogP contribution in [0, 0.1) is 11.8 Å². The van der Waals surface area contributed by atoms with E-state index in [2.05, 4.69) is 17.1 Å². The number of aliphatic imine (C=N–C) groups is 1. The van der Waals surface area contributed by atoms with E-state index in [0.717, 1.165) is 41.1 Å². The van der Waals surface area contributed by atoms with Gasteiger partial charge in [0.05, 0.1) is 32.4 Å². The van der Waals surface area contributed by atoms with Gasteiger partial charge in [-0.25, -0.2) is 9.98 Å². The third kappa shape index (κ3) is 5.84. The smallest absolute Gasteiger partial charge is 0.310 e. The number of hydrogen-bond acceptors (Lipinski definition) is 6. The summed E-state index contributed by atoms with van der Waals surface area (Å²) in [6.45, 7) is 6.77. The summed E-state index contributed by atoms with van der Waals surface area (Å²) in [5.41, 5.74) is 1.99. The lowest BCUT2D eigenvalue weighted by Crippen LogP contribution is -2.40. The lowest BCUT2D eigenvalue weighted by molar-refractivity contribution is -0.145. The second kappa shape index (κ2) is 11.5. The fourth-order valence-electron chi connectivity index (χ4n) is 3.43. The van der Waals surface area contributed by atoms with Gasteiger partial charge in [-0.05, 0) is 37.1 Å². The first-order valence-electron chi connectivity index (χ1n) is 9.75. The Morgan fingerprint density at radius 1 is 1.30 bits per heavy atom. The highest BCUT2D eigenvalue weighted by molar-refractivity contribution is 14.0. The summed E-state index contributed by atoms with van der Waals surface area (Å²) >= 11 is 1.60. The number of aromatic nitrogens is 1. The number of esters is 1. The molecule has 1 fully saturated rings. The number of likely N-dealkylation sites (tertiary alicyclic amines) is 1. The third-order valence-electron chi connectivity index (χ3n) is 5.03. The van der Waals surface area contributed by atoms with Gasteiger partial charge in [0, 0.05) is 30.6 Å². The van der Waals surface area contributed by atoms with Crippen molar-refractivity contribution in [2.75, 3.05) is 33.9 Å². The van der Waals surface area contributed by atoms with Crippen molar-refractivity contribution in [1.29, 1.82) is 0 Å². The van der Waals surface area contributed by atoms with Crippen LogP contribution in [0.4, 0.5) is 0 Å². The van der Waals surface area contributed by atoms with E-state index >= 15 is 0 Å². The minimum Gasteiger partial charge on any atom is -0.497 e. The molecule has 2 atom stereocenters. The minimum absolute atomic E-state index is 0. The molecule has 0 radical (unpaired) electrons. The maximum absolute atomic E-state index is 12.0. The molecule has 1 aromatic heterocycles. The van der Waals surface area contributed by atoms with Gasteiger partial charge < -0.3 is 19.7 Å². The fraction of sp³-hybridized carbons (Fsp3) is 0.476. The number of guanidine groups is 1. The largest absolute Gasteiger partial charge is 0.497 e. The van der Waals surface area contributed by atoms with Crippen LogP contribution in [0.5, 0.6) is 5.75 Å². The van der Waals surface area contributed by atoms with Crippen LogP contribution in [0.25, 0.3) is 10.6 Å². The molecule has 164 valence electrons. The number of nitrogens with zero attached hydrogens (tertiary/aromatic N) is 3. The predicted molar refractivity (Wildman–Crippen MR) is 131 cm³/mol. The molecule has 0 bridgehead atoms. The van der Waals surface area contributed by atoms with Crippen LogP contribution in [0.15, 0.2) is 34.6 Å². The average molecular weight is 544 g/mol.